The highest BCUT2D eigenvalue weighted by Crippen LogP contribution is 2.15. The van der Waals surface area contributed by atoms with E-state index in [1.165, 1.54) is 122 Å². The summed E-state index contributed by atoms with van der Waals surface area (Å²) < 4.78 is 17.3. The molecule has 0 saturated heterocycles. The van der Waals surface area contributed by atoms with Crippen molar-refractivity contribution in [1.29, 1.82) is 0 Å². The van der Waals surface area contributed by atoms with Gasteiger partial charge in [-0.15, -0.1) is 0 Å². The van der Waals surface area contributed by atoms with Crippen LogP contribution < -0.4 is 0 Å². The first-order valence-corrected chi connectivity index (χ1v) is 25.7. The number of esters is 2. The third-order valence-corrected chi connectivity index (χ3v) is 11.5. The molecule has 1 N–H and O–H groups in total. The van der Waals surface area contributed by atoms with Crippen molar-refractivity contribution in [2.45, 2.75) is 238 Å². The van der Waals surface area contributed by atoms with Gasteiger partial charge in [-0.2, -0.15) is 0 Å². The highest BCUT2D eigenvalue weighted by Gasteiger charge is 2.31. The number of hydrogen-bond acceptors (Lipinski definition) is 6. The first kappa shape index (κ1) is 59.3. The van der Waals surface area contributed by atoms with Gasteiger partial charge in [0.2, 0.25) is 0 Å². The minimum atomic E-state index is -0.877. The molecule has 0 radical (unpaired) electrons. The number of allylic oxidation sites excluding steroid dienone is 8. The summed E-state index contributed by atoms with van der Waals surface area (Å²) in [6.07, 6.45) is 54.4. The van der Waals surface area contributed by atoms with Crippen molar-refractivity contribution in [3.05, 3.63) is 48.6 Å². The second kappa shape index (κ2) is 44.9. The lowest BCUT2D eigenvalue weighted by atomic mass is 10.0. The molecule has 0 rings (SSSR count). The van der Waals surface area contributed by atoms with Gasteiger partial charge in [-0.25, -0.2) is 4.79 Å². The van der Waals surface area contributed by atoms with Crippen molar-refractivity contribution in [1.82, 2.24) is 0 Å². The Morgan fingerprint density at radius 3 is 1.27 bits per heavy atom. The third-order valence-electron chi connectivity index (χ3n) is 11.5. The Hall–Kier alpha value is -2.71. The van der Waals surface area contributed by atoms with Gasteiger partial charge >= 0.3 is 17.9 Å². The SMILES string of the molecule is CCCCC/C=C\C/C=C\CCCCCCCC(=O)OCC(COCCC(C(=O)O)[N+](C)(C)C)OC(=O)CCCCCCCCCCCCC/C=C\C/C=C\CCCCCCC. The molecular formula is C54H98NO7+. The molecule has 2 unspecified atom stereocenters. The smallest absolute Gasteiger partial charge is 0.362 e. The molecule has 0 amide bonds. The molecule has 62 heavy (non-hydrogen) atoms. The molecular weight excluding hydrogens is 775 g/mol. The standard InChI is InChI=1S/C54H97NO7/c1-6-8-10-12-14-16-18-20-22-23-24-25-26-27-28-29-31-33-35-37-39-41-43-45-53(57)62-50(48-60-47-46-51(54(58)59)55(3,4)5)49-61-52(56)44-42-40-38-36-34-32-30-21-19-17-15-13-11-9-7-2/h15,17-18,20-21,23-24,30,50-51H,6-14,16,19,22,25-29,31-49H2,1-5H3/p+1/b17-15-,20-18-,24-23-,30-21-. The van der Waals surface area contributed by atoms with Crippen LogP contribution in [-0.4, -0.2) is 80.6 Å². The monoisotopic (exact) mass is 873 g/mol. The number of quaternary nitrogens is 1. The van der Waals surface area contributed by atoms with Crippen LogP contribution in [0.1, 0.15) is 226 Å². The summed E-state index contributed by atoms with van der Waals surface area (Å²) in [6.45, 7) is 4.70. The van der Waals surface area contributed by atoms with Crippen molar-refractivity contribution < 1.29 is 38.2 Å². The van der Waals surface area contributed by atoms with Gasteiger partial charge in [0.25, 0.3) is 0 Å². The zero-order valence-corrected chi connectivity index (χ0v) is 41.1. The number of ether oxygens (including phenoxy) is 3. The molecule has 0 aromatic carbocycles. The van der Waals surface area contributed by atoms with Gasteiger partial charge in [-0.1, -0.05) is 178 Å². The highest BCUT2D eigenvalue weighted by atomic mass is 16.6. The largest absolute Gasteiger partial charge is 0.477 e. The number of nitrogens with zero attached hydrogens (tertiary/aromatic N) is 1. The van der Waals surface area contributed by atoms with Crippen molar-refractivity contribution in [2.75, 3.05) is 41.0 Å². The number of rotatable bonds is 46. The second-order valence-electron chi connectivity index (χ2n) is 18.4. The average Bonchev–Trinajstić information content (AvgIpc) is 3.23. The number of aliphatic carboxylic acids is 1. The van der Waals surface area contributed by atoms with E-state index in [0.717, 1.165) is 70.6 Å². The van der Waals surface area contributed by atoms with Crippen molar-refractivity contribution in [3.8, 4) is 0 Å². The molecule has 0 aromatic rings. The van der Waals surface area contributed by atoms with Gasteiger partial charge in [0.15, 0.2) is 12.1 Å². The fourth-order valence-corrected chi connectivity index (χ4v) is 7.45. The molecule has 2 atom stereocenters. The highest BCUT2D eigenvalue weighted by molar-refractivity contribution is 5.72. The molecule has 0 bridgehead atoms. The first-order chi connectivity index (χ1) is 30.1. The molecule has 0 aliphatic rings. The number of carboxylic acid groups (broad SMARTS) is 1. The van der Waals surface area contributed by atoms with E-state index >= 15 is 0 Å². The van der Waals surface area contributed by atoms with Crippen molar-refractivity contribution in [2.24, 2.45) is 0 Å². The zero-order valence-electron chi connectivity index (χ0n) is 41.1. The van der Waals surface area contributed by atoms with E-state index < -0.39 is 18.1 Å². The van der Waals surface area contributed by atoms with E-state index in [1.54, 1.807) is 0 Å². The van der Waals surface area contributed by atoms with Crippen molar-refractivity contribution in [3.63, 3.8) is 0 Å². The molecule has 0 fully saturated rings. The Bertz CT molecular complexity index is 1150. The number of hydrogen-bond donors (Lipinski definition) is 1. The summed E-state index contributed by atoms with van der Waals surface area (Å²) in [6, 6.07) is -0.618. The Balaban J connectivity index is 4.24. The maximum atomic E-state index is 12.8. The normalized spacial score (nSPS) is 13.2. The number of unbranched alkanes of at least 4 members (excludes halogenated alkanes) is 24. The summed E-state index contributed by atoms with van der Waals surface area (Å²) in [5.74, 6) is -1.48. The molecule has 360 valence electrons. The molecule has 0 saturated carbocycles. The van der Waals surface area contributed by atoms with Crippen LogP contribution in [0.3, 0.4) is 0 Å². The number of carbonyl (C=O) groups excluding carboxylic acids is 2. The number of carbonyl (C=O) groups is 3. The molecule has 0 heterocycles. The van der Waals surface area contributed by atoms with Crippen LogP contribution in [-0.2, 0) is 28.6 Å². The minimum Gasteiger partial charge on any atom is -0.477 e. The van der Waals surface area contributed by atoms with Crippen LogP contribution in [0.5, 0.6) is 0 Å². The zero-order chi connectivity index (χ0) is 45.6. The van der Waals surface area contributed by atoms with E-state index in [9.17, 15) is 19.5 Å². The predicted molar refractivity (Wildman–Crippen MR) is 261 cm³/mol. The van der Waals surface area contributed by atoms with Gasteiger partial charge in [-0.3, -0.25) is 9.59 Å². The quantitative estimate of drug-likeness (QED) is 0.0281. The van der Waals surface area contributed by atoms with E-state index in [1.807, 2.05) is 21.1 Å². The Labute approximate surface area is 382 Å². The van der Waals surface area contributed by atoms with Gasteiger partial charge in [0, 0.05) is 19.3 Å². The van der Waals surface area contributed by atoms with Crippen LogP contribution in [0.25, 0.3) is 0 Å². The number of likely N-dealkylation sites (N-methyl/N-ethyl adjacent to an activating group) is 1. The maximum absolute atomic E-state index is 12.8. The molecule has 0 aromatic heterocycles. The summed E-state index contributed by atoms with van der Waals surface area (Å²) in [4.78, 5) is 37.1. The molecule has 8 heteroatoms. The van der Waals surface area contributed by atoms with Crippen LogP contribution in [0.15, 0.2) is 48.6 Å². The summed E-state index contributed by atoms with van der Waals surface area (Å²) in [5.41, 5.74) is 0. The van der Waals surface area contributed by atoms with Crippen LogP contribution >= 0.6 is 0 Å². The fourth-order valence-electron chi connectivity index (χ4n) is 7.45. The van der Waals surface area contributed by atoms with E-state index in [2.05, 4.69) is 62.5 Å². The van der Waals surface area contributed by atoms with Gasteiger partial charge in [-0.05, 0) is 77.0 Å². The Kier molecular flexibility index (Phi) is 42.9. The van der Waals surface area contributed by atoms with Crippen LogP contribution in [0.2, 0.25) is 0 Å². The first-order valence-electron chi connectivity index (χ1n) is 25.7. The van der Waals surface area contributed by atoms with E-state index in [0.29, 0.717) is 19.3 Å². The topological polar surface area (TPSA) is 99.1 Å². The minimum absolute atomic E-state index is 0.0560. The molecule has 0 aliphatic heterocycles. The Morgan fingerprint density at radius 1 is 0.484 bits per heavy atom. The summed E-state index contributed by atoms with van der Waals surface area (Å²) in [7, 11) is 5.53. The predicted octanol–water partition coefficient (Wildman–Crippen LogP) is 14.8. The third kappa shape index (κ3) is 42.6. The van der Waals surface area contributed by atoms with Gasteiger partial charge in [0.05, 0.1) is 34.4 Å². The molecule has 0 aliphatic carbocycles. The second-order valence-corrected chi connectivity index (χ2v) is 18.4. The van der Waals surface area contributed by atoms with Crippen molar-refractivity contribution >= 4 is 17.9 Å². The molecule has 0 spiro atoms. The van der Waals surface area contributed by atoms with Crippen LogP contribution in [0.4, 0.5) is 0 Å². The summed E-state index contributed by atoms with van der Waals surface area (Å²) >= 11 is 0. The van der Waals surface area contributed by atoms with Crippen LogP contribution in [0, 0.1) is 0 Å². The summed E-state index contributed by atoms with van der Waals surface area (Å²) in [5, 5.41) is 9.65. The van der Waals surface area contributed by atoms with E-state index in [4.69, 9.17) is 14.2 Å². The maximum Gasteiger partial charge on any atom is 0.362 e. The molecule has 8 nitrogen and oxygen atoms in total. The fraction of sp³-hybridized carbons (Fsp3) is 0.796. The lowest BCUT2D eigenvalue weighted by molar-refractivity contribution is -0.887. The van der Waals surface area contributed by atoms with E-state index in [-0.39, 0.29) is 36.2 Å². The lowest BCUT2D eigenvalue weighted by Crippen LogP contribution is -2.50. The lowest BCUT2D eigenvalue weighted by Gasteiger charge is -2.31. The number of carboxylic acids is 1. The Morgan fingerprint density at radius 2 is 0.855 bits per heavy atom. The van der Waals surface area contributed by atoms with Gasteiger partial charge in [0.1, 0.15) is 6.61 Å². The van der Waals surface area contributed by atoms with Gasteiger partial charge < -0.3 is 23.8 Å². The average molecular weight is 873 g/mol.